The first kappa shape index (κ1) is 8.32. The highest BCUT2D eigenvalue weighted by Crippen LogP contribution is 2.21. The third-order valence-corrected chi connectivity index (χ3v) is 1.23. The molecule has 1 unspecified atom stereocenters. The third-order valence-electron chi connectivity index (χ3n) is 1.23. The van der Waals surface area contributed by atoms with Crippen molar-refractivity contribution in [2.75, 3.05) is 0 Å². The molecule has 1 rings (SSSR count). The minimum absolute atomic E-state index is 0.0817. The lowest BCUT2D eigenvalue weighted by Crippen LogP contribution is -2.33. The second-order valence-corrected chi connectivity index (χ2v) is 2.16. The Morgan fingerprint density at radius 1 is 1.55 bits per heavy atom. The van der Waals surface area contributed by atoms with Crippen LogP contribution < -0.4 is 5.32 Å². The van der Waals surface area contributed by atoms with Crippen LogP contribution in [0.2, 0.25) is 0 Å². The van der Waals surface area contributed by atoms with Gasteiger partial charge in [-0.15, -0.1) is 13.2 Å². The summed E-state index contributed by atoms with van der Waals surface area (Å²) in [4.78, 5) is 10.4. The molecule has 1 heterocycles. The van der Waals surface area contributed by atoms with Gasteiger partial charge in [0.15, 0.2) is 0 Å². The molecule has 0 radical (unpaired) electrons. The molecule has 1 saturated heterocycles. The highest BCUT2D eigenvalue weighted by molar-refractivity contribution is 5.78. The van der Waals surface area contributed by atoms with Gasteiger partial charge < -0.3 is 5.32 Å². The van der Waals surface area contributed by atoms with E-state index in [0.29, 0.717) is 0 Å². The number of carbonyl (C=O) groups is 1. The van der Waals surface area contributed by atoms with Gasteiger partial charge in [0.1, 0.15) is 6.23 Å². The minimum Gasteiger partial charge on any atom is -0.330 e. The molecule has 11 heavy (non-hydrogen) atoms. The smallest absolute Gasteiger partial charge is 0.330 e. The Hall–Kier alpha value is -0.780. The van der Waals surface area contributed by atoms with Crippen LogP contribution >= 0.6 is 0 Å². The maximum atomic E-state index is 11.5. The molecular formula is C5H6F3NO2. The Kier molecular flexibility index (Phi) is 2.03. The fourth-order valence-electron chi connectivity index (χ4n) is 0.836. The Labute approximate surface area is 60.5 Å². The van der Waals surface area contributed by atoms with Crippen LogP contribution in [0.5, 0.6) is 0 Å². The highest BCUT2D eigenvalue weighted by atomic mass is 19.4. The molecule has 1 amide bonds. The molecule has 0 bridgehead atoms. The van der Waals surface area contributed by atoms with Crippen molar-refractivity contribution in [3.05, 3.63) is 0 Å². The van der Waals surface area contributed by atoms with E-state index < -0.39 is 18.5 Å². The van der Waals surface area contributed by atoms with Crippen LogP contribution in [0.1, 0.15) is 12.8 Å². The summed E-state index contributed by atoms with van der Waals surface area (Å²) in [6, 6.07) is 0. The van der Waals surface area contributed by atoms with Crippen LogP contribution in [0.15, 0.2) is 0 Å². The normalized spacial score (nSPS) is 25.4. The number of hydrogen-bond donors (Lipinski definition) is 1. The quantitative estimate of drug-likeness (QED) is 0.629. The molecule has 1 aliphatic heterocycles. The van der Waals surface area contributed by atoms with Gasteiger partial charge >= 0.3 is 6.36 Å². The predicted molar refractivity (Wildman–Crippen MR) is 28.3 cm³/mol. The van der Waals surface area contributed by atoms with E-state index in [9.17, 15) is 18.0 Å². The van der Waals surface area contributed by atoms with Crippen molar-refractivity contribution in [1.29, 1.82) is 0 Å². The van der Waals surface area contributed by atoms with Crippen LogP contribution in [-0.2, 0) is 9.53 Å². The molecule has 3 nitrogen and oxygen atoms in total. The summed E-state index contributed by atoms with van der Waals surface area (Å²) in [6.45, 7) is 0. The van der Waals surface area contributed by atoms with Gasteiger partial charge in [0.25, 0.3) is 0 Å². The predicted octanol–water partition coefficient (Wildman–Crippen LogP) is 0.759. The summed E-state index contributed by atoms with van der Waals surface area (Å²) >= 11 is 0. The number of rotatable bonds is 1. The summed E-state index contributed by atoms with van der Waals surface area (Å²) in [7, 11) is 0. The van der Waals surface area contributed by atoms with Crippen molar-refractivity contribution < 1.29 is 22.7 Å². The first-order valence-electron chi connectivity index (χ1n) is 3.01. The molecular weight excluding hydrogens is 163 g/mol. The second kappa shape index (κ2) is 2.69. The van der Waals surface area contributed by atoms with Crippen molar-refractivity contribution in [2.45, 2.75) is 25.4 Å². The zero-order valence-electron chi connectivity index (χ0n) is 5.44. The van der Waals surface area contributed by atoms with Crippen molar-refractivity contribution in [3.63, 3.8) is 0 Å². The van der Waals surface area contributed by atoms with E-state index in [1.807, 2.05) is 5.32 Å². The molecule has 1 aliphatic rings. The maximum absolute atomic E-state index is 11.5. The first-order valence-corrected chi connectivity index (χ1v) is 3.01. The van der Waals surface area contributed by atoms with E-state index in [-0.39, 0.29) is 12.8 Å². The monoisotopic (exact) mass is 169 g/mol. The van der Waals surface area contributed by atoms with Crippen LogP contribution in [-0.4, -0.2) is 18.5 Å². The molecule has 1 atom stereocenters. The molecule has 1 fully saturated rings. The zero-order valence-corrected chi connectivity index (χ0v) is 5.44. The molecule has 0 aromatic carbocycles. The van der Waals surface area contributed by atoms with Gasteiger partial charge in [-0.2, -0.15) is 0 Å². The Balaban J connectivity index is 2.34. The number of amides is 1. The Morgan fingerprint density at radius 2 is 2.18 bits per heavy atom. The molecule has 0 saturated carbocycles. The number of nitrogens with one attached hydrogen (secondary N) is 1. The van der Waals surface area contributed by atoms with E-state index >= 15 is 0 Å². The lowest BCUT2D eigenvalue weighted by molar-refractivity contribution is -0.343. The van der Waals surface area contributed by atoms with Crippen LogP contribution in [0.25, 0.3) is 0 Å². The lowest BCUT2D eigenvalue weighted by Gasteiger charge is -2.12. The summed E-state index contributed by atoms with van der Waals surface area (Å²) in [5.74, 6) is -0.403. The largest absolute Gasteiger partial charge is 0.524 e. The van der Waals surface area contributed by atoms with E-state index in [1.54, 1.807) is 0 Å². The van der Waals surface area contributed by atoms with Gasteiger partial charge in [0.2, 0.25) is 5.91 Å². The van der Waals surface area contributed by atoms with Crippen molar-refractivity contribution in [1.82, 2.24) is 5.32 Å². The molecule has 0 aromatic rings. The van der Waals surface area contributed by atoms with Gasteiger partial charge in [-0.05, 0) is 0 Å². The third kappa shape index (κ3) is 2.75. The summed E-state index contributed by atoms with van der Waals surface area (Å²) in [5.41, 5.74) is 0. The Bertz CT molecular complexity index is 168. The summed E-state index contributed by atoms with van der Waals surface area (Å²) in [6.07, 6.45) is -5.68. The first-order chi connectivity index (χ1) is 4.97. The summed E-state index contributed by atoms with van der Waals surface area (Å²) in [5, 5.41) is 2.03. The molecule has 1 N–H and O–H groups in total. The maximum Gasteiger partial charge on any atom is 0.524 e. The lowest BCUT2D eigenvalue weighted by atomic mass is 10.3. The molecule has 0 aliphatic carbocycles. The molecule has 64 valence electrons. The molecule has 0 spiro atoms. The number of ether oxygens (including phenoxy) is 1. The fourth-order valence-corrected chi connectivity index (χ4v) is 0.836. The fraction of sp³-hybridized carbons (Fsp3) is 0.800. The van der Waals surface area contributed by atoms with Gasteiger partial charge in [0.05, 0.1) is 0 Å². The van der Waals surface area contributed by atoms with Gasteiger partial charge in [-0.3, -0.25) is 9.53 Å². The number of halogens is 3. The van der Waals surface area contributed by atoms with E-state index in [1.165, 1.54) is 0 Å². The van der Waals surface area contributed by atoms with Crippen molar-refractivity contribution in [2.24, 2.45) is 0 Å². The van der Waals surface area contributed by atoms with Crippen LogP contribution in [0.3, 0.4) is 0 Å². The van der Waals surface area contributed by atoms with Crippen molar-refractivity contribution >= 4 is 5.91 Å². The summed E-state index contributed by atoms with van der Waals surface area (Å²) < 4.78 is 37.9. The van der Waals surface area contributed by atoms with Crippen molar-refractivity contribution in [3.8, 4) is 0 Å². The zero-order chi connectivity index (χ0) is 8.48. The van der Waals surface area contributed by atoms with Gasteiger partial charge in [-0.1, -0.05) is 0 Å². The van der Waals surface area contributed by atoms with Gasteiger partial charge in [0, 0.05) is 12.8 Å². The Morgan fingerprint density at radius 3 is 2.55 bits per heavy atom. The average Bonchev–Trinajstić information content (AvgIpc) is 2.10. The van der Waals surface area contributed by atoms with E-state index in [2.05, 4.69) is 4.74 Å². The number of hydrogen-bond acceptors (Lipinski definition) is 2. The highest BCUT2D eigenvalue weighted by Gasteiger charge is 2.36. The van der Waals surface area contributed by atoms with Crippen LogP contribution in [0.4, 0.5) is 13.2 Å². The number of alkyl halides is 3. The molecule has 0 aromatic heterocycles. The van der Waals surface area contributed by atoms with Crippen LogP contribution in [0, 0.1) is 0 Å². The average molecular weight is 169 g/mol. The standard InChI is InChI=1S/C5H6F3NO2/c6-5(7,8)11-4-2-1-3(10)9-4/h4H,1-2H2,(H,9,10). The minimum atomic E-state index is -4.66. The van der Waals surface area contributed by atoms with E-state index in [4.69, 9.17) is 0 Å². The SMILES string of the molecule is O=C1CCC(OC(F)(F)F)N1. The number of carbonyl (C=O) groups excluding carboxylic acids is 1. The topological polar surface area (TPSA) is 38.3 Å². The van der Waals surface area contributed by atoms with E-state index in [0.717, 1.165) is 0 Å². The molecule has 6 heteroatoms. The van der Waals surface area contributed by atoms with Gasteiger partial charge in [-0.25, -0.2) is 0 Å². The second-order valence-electron chi connectivity index (χ2n) is 2.16.